The highest BCUT2D eigenvalue weighted by Gasteiger charge is 2.28. The Morgan fingerprint density at radius 2 is 1.94 bits per heavy atom. The third-order valence-corrected chi connectivity index (χ3v) is 2.08. The number of carbonyl (C=O) groups excluding carboxylic acids is 2. The Labute approximate surface area is 93.9 Å². The van der Waals surface area contributed by atoms with E-state index in [4.69, 9.17) is 4.74 Å². The van der Waals surface area contributed by atoms with Crippen molar-refractivity contribution in [1.82, 2.24) is 9.97 Å². The monoisotopic (exact) mass is 222 g/mol. The molecule has 1 unspecified atom stereocenters. The first-order valence-corrected chi connectivity index (χ1v) is 5.18. The quantitative estimate of drug-likeness (QED) is 0.426. The summed E-state index contributed by atoms with van der Waals surface area (Å²) < 4.78 is 4.82. The molecule has 0 aliphatic carbocycles. The van der Waals surface area contributed by atoms with Gasteiger partial charge >= 0.3 is 5.97 Å². The summed E-state index contributed by atoms with van der Waals surface area (Å²) >= 11 is 0. The number of rotatable bonds is 5. The van der Waals surface area contributed by atoms with Gasteiger partial charge in [-0.1, -0.05) is 6.92 Å². The number of ketones is 1. The number of nitrogens with zero attached hydrogens (tertiary/aromatic N) is 2. The van der Waals surface area contributed by atoms with Crippen LogP contribution in [0.3, 0.4) is 0 Å². The zero-order valence-electron chi connectivity index (χ0n) is 9.34. The summed E-state index contributed by atoms with van der Waals surface area (Å²) in [5.41, 5.74) is 0. The number of Topliss-reactive ketones (excluding diaryl/α,β-unsaturated/α-hetero) is 1. The lowest BCUT2D eigenvalue weighted by Gasteiger charge is -2.10. The zero-order valence-corrected chi connectivity index (χ0v) is 9.34. The molecule has 1 heterocycles. The SMILES string of the molecule is CCOC(=O)C(CC)C(=O)c1ncccn1. The summed E-state index contributed by atoms with van der Waals surface area (Å²) in [5.74, 6) is -1.64. The van der Waals surface area contributed by atoms with Crippen LogP contribution in [0.2, 0.25) is 0 Å². The Kier molecular flexibility index (Phi) is 4.57. The molecule has 0 fully saturated rings. The summed E-state index contributed by atoms with van der Waals surface area (Å²) in [7, 11) is 0. The molecule has 0 radical (unpaired) electrons. The maximum atomic E-state index is 11.9. The molecule has 0 saturated heterocycles. The van der Waals surface area contributed by atoms with E-state index < -0.39 is 11.9 Å². The Morgan fingerprint density at radius 1 is 1.31 bits per heavy atom. The molecule has 1 aromatic heterocycles. The molecule has 0 aromatic carbocycles. The minimum absolute atomic E-state index is 0.0578. The first-order valence-electron chi connectivity index (χ1n) is 5.18. The minimum atomic E-state index is -0.803. The summed E-state index contributed by atoms with van der Waals surface area (Å²) in [6.07, 6.45) is 3.33. The molecule has 0 amide bonds. The first-order chi connectivity index (χ1) is 7.70. The molecule has 0 aliphatic rings. The molecule has 1 rings (SSSR count). The van der Waals surface area contributed by atoms with Crippen molar-refractivity contribution in [2.75, 3.05) is 6.61 Å². The summed E-state index contributed by atoms with van der Waals surface area (Å²) in [6, 6.07) is 1.61. The average Bonchev–Trinajstić information content (AvgIpc) is 2.31. The van der Waals surface area contributed by atoms with E-state index in [0.29, 0.717) is 6.42 Å². The van der Waals surface area contributed by atoms with Crippen LogP contribution in [0.5, 0.6) is 0 Å². The van der Waals surface area contributed by atoms with Crippen LogP contribution in [-0.4, -0.2) is 28.3 Å². The summed E-state index contributed by atoms with van der Waals surface area (Å²) in [6.45, 7) is 3.72. The van der Waals surface area contributed by atoms with Crippen molar-refractivity contribution in [3.8, 4) is 0 Å². The molecule has 0 saturated carbocycles. The maximum Gasteiger partial charge on any atom is 0.316 e. The number of aromatic nitrogens is 2. The molecule has 0 spiro atoms. The van der Waals surface area contributed by atoms with Gasteiger partial charge in [-0.25, -0.2) is 9.97 Å². The molecule has 0 aliphatic heterocycles. The largest absolute Gasteiger partial charge is 0.465 e. The van der Waals surface area contributed by atoms with E-state index in [0.717, 1.165) is 0 Å². The van der Waals surface area contributed by atoms with Crippen LogP contribution in [0, 0.1) is 5.92 Å². The van der Waals surface area contributed by atoms with Gasteiger partial charge in [0.1, 0.15) is 5.92 Å². The van der Waals surface area contributed by atoms with Crippen LogP contribution in [-0.2, 0) is 9.53 Å². The van der Waals surface area contributed by atoms with E-state index in [1.165, 1.54) is 12.4 Å². The zero-order chi connectivity index (χ0) is 12.0. The Balaban J connectivity index is 2.82. The second-order valence-electron chi connectivity index (χ2n) is 3.15. The van der Waals surface area contributed by atoms with Gasteiger partial charge in [0.05, 0.1) is 6.61 Å². The standard InChI is InChI=1S/C11H14N2O3/c1-3-8(11(15)16-4-2)9(14)10-12-6-5-7-13-10/h5-8H,3-4H2,1-2H3. The van der Waals surface area contributed by atoms with Crippen LogP contribution in [0.1, 0.15) is 30.9 Å². The van der Waals surface area contributed by atoms with Crippen LogP contribution in [0.25, 0.3) is 0 Å². The lowest BCUT2D eigenvalue weighted by Crippen LogP contribution is -2.27. The number of ether oxygens (including phenoxy) is 1. The van der Waals surface area contributed by atoms with E-state index in [1.54, 1.807) is 19.9 Å². The molecule has 0 bridgehead atoms. The maximum absolute atomic E-state index is 11.9. The smallest absolute Gasteiger partial charge is 0.316 e. The van der Waals surface area contributed by atoms with Gasteiger partial charge in [-0.3, -0.25) is 9.59 Å². The Bertz CT molecular complexity index is 365. The third-order valence-electron chi connectivity index (χ3n) is 2.08. The van der Waals surface area contributed by atoms with Gasteiger partial charge in [-0.2, -0.15) is 0 Å². The lowest BCUT2D eigenvalue weighted by molar-refractivity contribution is -0.146. The van der Waals surface area contributed by atoms with Gasteiger partial charge in [0, 0.05) is 12.4 Å². The van der Waals surface area contributed by atoms with Gasteiger partial charge < -0.3 is 4.74 Å². The highest BCUT2D eigenvalue weighted by molar-refractivity contribution is 6.06. The third kappa shape index (κ3) is 2.85. The van der Waals surface area contributed by atoms with Crippen LogP contribution < -0.4 is 0 Å². The van der Waals surface area contributed by atoms with E-state index in [9.17, 15) is 9.59 Å². The van der Waals surface area contributed by atoms with Gasteiger partial charge in [-0.15, -0.1) is 0 Å². The normalized spacial score (nSPS) is 11.9. The number of carbonyl (C=O) groups is 2. The van der Waals surface area contributed by atoms with E-state index in [2.05, 4.69) is 9.97 Å². The molecule has 1 aromatic rings. The van der Waals surface area contributed by atoms with Crippen molar-refractivity contribution in [2.45, 2.75) is 20.3 Å². The Morgan fingerprint density at radius 3 is 2.44 bits per heavy atom. The van der Waals surface area contributed by atoms with Crippen molar-refractivity contribution in [1.29, 1.82) is 0 Å². The second-order valence-corrected chi connectivity index (χ2v) is 3.15. The molecule has 16 heavy (non-hydrogen) atoms. The molecule has 1 atom stereocenters. The highest BCUT2D eigenvalue weighted by Crippen LogP contribution is 2.11. The average molecular weight is 222 g/mol. The predicted octanol–water partition coefficient (Wildman–Crippen LogP) is 1.25. The van der Waals surface area contributed by atoms with Crippen molar-refractivity contribution in [3.63, 3.8) is 0 Å². The fourth-order valence-corrected chi connectivity index (χ4v) is 1.28. The molecule has 5 nitrogen and oxygen atoms in total. The van der Waals surface area contributed by atoms with Gasteiger partial charge in [0.2, 0.25) is 5.78 Å². The Hall–Kier alpha value is -1.78. The van der Waals surface area contributed by atoms with Crippen LogP contribution in [0.4, 0.5) is 0 Å². The fraction of sp³-hybridized carbons (Fsp3) is 0.455. The fourth-order valence-electron chi connectivity index (χ4n) is 1.28. The van der Waals surface area contributed by atoms with Crippen LogP contribution in [0.15, 0.2) is 18.5 Å². The van der Waals surface area contributed by atoms with Gasteiger partial charge in [-0.05, 0) is 19.4 Å². The number of esters is 1. The van der Waals surface area contributed by atoms with Crippen molar-refractivity contribution in [3.05, 3.63) is 24.3 Å². The van der Waals surface area contributed by atoms with Crippen molar-refractivity contribution in [2.24, 2.45) is 5.92 Å². The molecule has 5 heteroatoms. The van der Waals surface area contributed by atoms with Crippen molar-refractivity contribution >= 4 is 11.8 Å². The molecular weight excluding hydrogens is 208 g/mol. The highest BCUT2D eigenvalue weighted by atomic mass is 16.5. The lowest BCUT2D eigenvalue weighted by atomic mass is 10.0. The van der Waals surface area contributed by atoms with E-state index in [-0.39, 0.29) is 18.2 Å². The summed E-state index contributed by atoms with van der Waals surface area (Å²) in [4.78, 5) is 31.0. The minimum Gasteiger partial charge on any atom is -0.465 e. The second kappa shape index (κ2) is 5.95. The van der Waals surface area contributed by atoms with Crippen LogP contribution >= 0.6 is 0 Å². The predicted molar refractivity (Wildman–Crippen MR) is 56.8 cm³/mol. The molecular formula is C11H14N2O3. The molecule has 86 valence electrons. The summed E-state index contributed by atoms with van der Waals surface area (Å²) in [5, 5.41) is 0. The number of hydrogen-bond donors (Lipinski definition) is 0. The van der Waals surface area contributed by atoms with Crippen molar-refractivity contribution < 1.29 is 14.3 Å². The molecule has 0 N–H and O–H groups in total. The first kappa shape index (κ1) is 12.3. The topological polar surface area (TPSA) is 69.2 Å². The van der Waals surface area contributed by atoms with Gasteiger partial charge in [0.15, 0.2) is 5.82 Å². The van der Waals surface area contributed by atoms with Gasteiger partial charge in [0.25, 0.3) is 0 Å². The number of hydrogen-bond acceptors (Lipinski definition) is 5. The van der Waals surface area contributed by atoms with E-state index in [1.807, 2.05) is 0 Å². The van der Waals surface area contributed by atoms with E-state index >= 15 is 0 Å².